The zero-order valence-electron chi connectivity index (χ0n) is 12.0. The number of likely N-dealkylation sites (tertiary alicyclic amines) is 1. The minimum Gasteiger partial charge on any atom is -0.371 e. The van der Waals surface area contributed by atoms with E-state index in [0.29, 0.717) is 17.8 Å². The highest BCUT2D eigenvalue weighted by Crippen LogP contribution is 2.32. The zero-order valence-corrected chi connectivity index (χ0v) is 12.7. The average molecular weight is 297 g/mol. The SMILES string of the molecule is CN1CCCC2CN(c3cc(F)cc(CCl)c3)CCC21. The third-order valence-electron chi connectivity index (χ3n) is 4.81. The first-order chi connectivity index (χ1) is 9.67. The molecule has 2 aliphatic heterocycles. The second kappa shape index (κ2) is 5.90. The van der Waals surface area contributed by atoms with E-state index in [4.69, 9.17) is 11.6 Å². The molecule has 2 fully saturated rings. The van der Waals surface area contributed by atoms with E-state index >= 15 is 0 Å². The maximum Gasteiger partial charge on any atom is 0.125 e. The van der Waals surface area contributed by atoms with Gasteiger partial charge in [-0.15, -0.1) is 11.6 Å². The summed E-state index contributed by atoms with van der Waals surface area (Å²) in [4.78, 5) is 4.83. The fourth-order valence-electron chi connectivity index (χ4n) is 3.78. The minimum atomic E-state index is -0.180. The van der Waals surface area contributed by atoms with Gasteiger partial charge in [0.1, 0.15) is 5.82 Å². The van der Waals surface area contributed by atoms with Crippen LogP contribution in [0.4, 0.5) is 10.1 Å². The van der Waals surface area contributed by atoms with Crippen LogP contribution in [0.1, 0.15) is 24.8 Å². The van der Waals surface area contributed by atoms with Gasteiger partial charge < -0.3 is 9.80 Å². The zero-order chi connectivity index (χ0) is 14.1. The van der Waals surface area contributed by atoms with Gasteiger partial charge in [-0.2, -0.15) is 0 Å². The molecule has 3 rings (SSSR count). The second-order valence-corrected chi connectivity index (χ2v) is 6.40. The predicted octanol–water partition coefficient (Wildman–Crippen LogP) is 3.49. The molecule has 0 bridgehead atoms. The van der Waals surface area contributed by atoms with Crippen LogP contribution < -0.4 is 4.90 Å². The molecule has 0 N–H and O–H groups in total. The lowest BCUT2D eigenvalue weighted by Gasteiger charge is -2.46. The molecular weight excluding hydrogens is 275 g/mol. The van der Waals surface area contributed by atoms with Crippen LogP contribution in [0.3, 0.4) is 0 Å². The lowest BCUT2D eigenvalue weighted by Crippen LogP contribution is -2.52. The summed E-state index contributed by atoms with van der Waals surface area (Å²) in [5.41, 5.74) is 1.86. The van der Waals surface area contributed by atoms with E-state index in [1.54, 1.807) is 6.07 Å². The molecule has 0 radical (unpaired) electrons. The van der Waals surface area contributed by atoms with E-state index in [0.717, 1.165) is 24.3 Å². The number of hydrogen-bond acceptors (Lipinski definition) is 2. The number of rotatable bonds is 2. The van der Waals surface area contributed by atoms with Gasteiger partial charge in [-0.1, -0.05) is 0 Å². The number of fused-ring (bicyclic) bond motifs is 1. The normalized spacial score (nSPS) is 27.4. The van der Waals surface area contributed by atoms with Crippen molar-refractivity contribution in [3.8, 4) is 0 Å². The molecule has 0 spiro atoms. The smallest absolute Gasteiger partial charge is 0.125 e. The fourth-order valence-corrected chi connectivity index (χ4v) is 3.93. The molecule has 110 valence electrons. The van der Waals surface area contributed by atoms with Crippen LogP contribution in [0.5, 0.6) is 0 Å². The summed E-state index contributed by atoms with van der Waals surface area (Å²) in [7, 11) is 2.24. The van der Waals surface area contributed by atoms with Gasteiger partial charge >= 0.3 is 0 Å². The van der Waals surface area contributed by atoms with Gasteiger partial charge in [-0.05, 0) is 62.5 Å². The van der Waals surface area contributed by atoms with Gasteiger partial charge in [0.15, 0.2) is 0 Å². The summed E-state index contributed by atoms with van der Waals surface area (Å²) in [6, 6.07) is 5.91. The molecule has 0 saturated carbocycles. The van der Waals surface area contributed by atoms with Gasteiger partial charge in [0.05, 0.1) is 0 Å². The van der Waals surface area contributed by atoms with Crippen LogP contribution in [0.25, 0.3) is 0 Å². The maximum atomic E-state index is 13.7. The molecule has 4 heteroatoms. The van der Waals surface area contributed by atoms with Gasteiger partial charge in [0.2, 0.25) is 0 Å². The van der Waals surface area contributed by atoms with E-state index < -0.39 is 0 Å². The lowest BCUT2D eigenvalue weighted by atomic mass is 9.84. The first-order valence-corrected chi connectivity index (χ1v) is 8.01. The van der Waals surface area contributed by atoms with Crippen molar-refractivity contribution < 1.29 is 4.39 Å². The van der Waals surface area contributed by atoms with E-state index in [9.17, 15) is 4.39 Å². The van der Waals surface area contributed by atoms with Crippen molar-refractivity contribution in [2.45, 2.75) is 31.2 Å². The van der Waals surface area contributed by atoms with Crippen molar-refractivity contribution >= 4 is 17.3 Å². The van der Waals surface area contributed by atoms with Crippen LogP contribution >= 0.6 is 11.6 Å². The largest absolute Gasteiger partial charge is 0.371 e. The topological polar surface area (TPSA) is 6.48 Å². The van der Waals surface area contributed by atoms with Gasteiger partial charge in [0, 0.05) is 30.7 Å². The highest BCUT2D eigenvalue weighted by atomic mass is 35.5. The number of alkyl halides is 1. The Morgan fingerprint density at radius 2 is 2.10 bits per heavy atom. The van der Waals surface area contributed by atoms with Crippen LogP contribution in [0, 0.1) is 11.7 Å². The van der Waals surface area contributed by atoms with Crippen LogP contribution in [0.2, 0.25) is 0 Å². The average Bonchev–Trinajstić information content (AvgIpc) is 2.46. The number of piperidine rings is 2. The molecule has 20 heavy (non-hydrogen) atoms. The van der Waals surface area contributed by atoms with Crippen molar-refractivity contribution in [3.05, 3.63) is 29.6 Å². The Hall–Kier alpha value is -0.800. The number of anilines is 1. The van der Waals surface area contributed by atoms with E-state index in [-0.39, 0.29) is 5.82 Å². The van der Waals surface area contributed by atoms with Crippen molar-refractivity contribution in [2.24, 2.45) is 5.92 Å². The Kier molecular flexibility index (Phi) is 4.18. The fraction of sp³-hybridized carbons (Fsp3) is 0.625. The molecule has 2 aliphatic rings. The highest BCUT2D eigenvalue weighted by Gasteiger charge is 2.34. The Bertz CT molecular complexity index is 480. The summed E-state index contributed by atoms with van der Waals surface area (Å²) in [5.74, 6) is 0.902. The predicted molar refractivity (Wildman–Crippen MR) is 81.9 cm³/mol. The molecule has 0 amide bonds. The highest BCUT2D eigenvalue weighted by molar-refractivity contribution is 6.17. The molecule has 0 aromatic heterocycles. The Balaban J connectivity index is 1.77. The van der Waals surface area contributed by atoms with Crippen molar-refractivity contribution in [3.63, 3.8) is 0 Å². The van der Waals surface area contributed by atoms with Crippen LogP contribution in [0.15, 0.2) is 18.2 Å². The summed E-state index contributed by atoms with van der Waals surface area (Å²) >= 11 is 5.85. The van der Waals surface area contributed by atoms with Crippen LogP contribution in [-0.4, -0.2) is 37.6 Å². The number of benzene rings is 1. The molecule has 2 heterocycles. The third-order valence-corrected chi connectivity index (χ3v) is 5.12. The van der Waals surface area contributed by atoms with E-state index in [1.165, 1.54) is 31.9 Å². The van der Waals surface area contributed by atoms with Gasteiger partial charge in [-0.25, -0.2) is 4.39 Å². The minimum absolute atomic E-state index is 0.180. The third kappa shape index (κ3) is 2.79. The first-order valence-electron chi connectivity index (χ1n) is 7.48. The van der Waals surface area contributed by atoms with E-state index in [1.807, 2.05) is 6.07 Å². The molecule has 1 aromatic carbocycles. The van der Waals surface area contributed by atoms with E-state index in [2.05, 4.69) is 16.8 Å². The Morgan fingerprint density at radius 3 is 2.90 bits per heavy atom. The molecular formula is C16H22ClFN2. The molecule has 2 nitrogen and oxygen atoms in total. The maximum absolute atomic E-state index is 13.7. The number of hydrogen-bond donors (Lipinski definition) is 0. The molecule has 0 aliphatic carbocycles. The Morgan fingerprint density at radius 1 is 1.25 bits per heavy atom. The van der Waals surface area contributed by atoms with Crippen molar-refractivity contribution in [1.29, 1.82) is 0 Å². The molecule has 1 aromatic rings. The Labute approximate surface area is 125 Å². The lowest BCUT2D eigenvalue weighted by molar-refractivity contribution is 0.102. The number of nitrogens with zero attached hydrogens (tertiary/aromatic N) is 2. The molecule has 2 unspecified atom stereocenters. The second-order valence-electron chi connectivity index (χ2n) is 6.14. The first kappa shape index (κ1) is 14.2. The molecule has 2 atom stereocenters. The monoisotopic (exact) mass is 296 g/mol. The number of halogens is 2. The molecule has 2 saturated heterocycles. The quantitative estimate of drug-likeness (QED) is 0.771. The van der Waals surface area contributed by atoms with Crippen LogP contribution in [-0.2, 0) is 5.88 Å². The summed E-state index contributed by atoms with van der Waals surface area (Å²) in [6.07, 6.45) is 3.75. The standard InChI is InChI=1S/C16H22ClFN2/c1-19-5-2-3-13-11-20(6-4-16(13)19)15-8-12(10-17)7-14(18)9-15/h7-9,13,16H,2-6,10-11H2,1H3. The van der Waals surface area contributed by atoms with Gasteiger partial charge in [-0.3, -0.25) is 0 Å². The van der Waals surface area contributed by atoms with Crippen molar-refractivity contribution in [1.82, 2.24) is 4.90 Å². The van der Waals surface area contributed by atoms with Gasteiger partial charge in [0.25, 0.3) is 0 Å². The summed E-state index contributed by atoms with van der Waals surface area (Å²) in [5, 5.41) is 0. The summed E-state index contributed by atoms with van der Waals surface area (Å²) < 4.78 is 13.7. The van der Waals surface area contributed by atoms with Crippen molar-refractivity contribution in [2.75, 3.05) is 31.6 Å². The summed E-state index contributed by atoms with van der Waals surface area (Å²) in [6.45, 7) is 3.27.